The summed E-state index contributed by atoms with van der Waals surface area (Å²) in [4.78, 5) is 66.9. The van der Waals surface area contributed by atoms with E-state index < -0.39 is 72.2 Å². The summed E-state index contributed by atoms with van der Waals surface area (Å²) in [7, 11) is 0. The second-order valence-electron chi connectivity index (χ2n) is 7.91. The van der Waals surface area contributed by atoms with E-state index >= 15 is 0 Å². The Hall–Kier alpha value is -3.52. The molecule has 1 heterocycles. The summed E-state index contributed by atoms with van der Waals surface area (Å²) in [6, 6.07) is -5.26. The Labute approximate surface area is 189 Å². The van der Waals surface area contributed by atoms with Gasteiger partial charge < -0.3 is 42.6 Å². The lowest BCUT2D eigenvalue weighted by atomic mass is 10.0. The van der Waals surface area contributed by atoms with Crippen LogP contribution in [0.25, 0.3) is 0 Å². The third-order valence-corrected chi connectivity index (χ3v) is 4.66. The molecule has 0 saturated heterocycles. The van der Waals surface area contributed by atoms with Gasteiger partial charge in [-0.2, -0.15) is 0 Å². The van der Waals surface area contributed by atoms with E-state index in [0.717, 1.165) is 0 Å². The fraction of sp³-hybridized carbons (Fsp3) is 0.579. The van der Waals surface area contributed by atoms with Crippen molar-refractivity contribution in [1.29, 1.82) is 0 Å². The summed E-state index contributed by atoms with van der Waals surface area (Å²) >= 11 is 0. The van der Waals surface area contributed by atoms with Gasteiger partial charge in [0, 0.05) is 18.3 Å². The maximum atomic E-state index is 13.0. The molecule has 0 spiro atoms. The van der Waals surface area contributed by atoms with Gasteiger partial charge in [-0.25, -0.2) is 9.78 Å². The van der Waals surface area contributed by atoms with Crippen LogP contribution in [-0.4, -0.2) is 80.1 Å². The lowest BCUT2D eigenvalue weighted by Gasteiger charge is -2.27. The van der Waals surface area contributed by atoms with E-state index in [2.05, 4.69) is 25.9 Å². The number of aliphatic carboxylic acids is 1. The molecule has 14 heteroatoms. The van der Waals surface area contributed by atoms with Crippen LogP contribution in [0.4, 0.5) is 0 Å². The van der Waals surface area contributed by atoms with E-state index in [-0.39, 0.29) is 6.42 Å². The van der Waals surface area contributed by atoms with E-state index in [1.165, 1.54) is 19.4 Å². The largest absolute Gasteiger partial charge is 0.480 e. The Morgan fingerprint density at radius 1 is 1.03 bits per heavy atom. The molecule has 10 N–H and O–H groups in total. The van der Waals surface area contributed by atoms with Gasteiger partial charge >= 0.3 is 5.97 Å². The summed E-state index contributed by atoms with van der Waals surface area (Å²) in [6.07, 6.45) is 0.949. The number of imidazole rings is 1. The topological polar surface area (TPSA) is 243 Å². The molecule has 33 heavy (non-hydrogen) atoms. The first-order chi connectivity index (χ1) is 15.3. The summed E-state index contributed by atoms with van der Waals surface area (Å²) in [5, 5.41) is 25.9. The molecule has 0 aliphatic heterocycles. The zero-order valence-electron chi connectivity index (χ0n) is 18.6. The number of nitrogens with zero attached hydrogens (tertiary/aromatic N) is 1. The van der Waals surface area contributed by atoms with Gasteiger partial charge in [0.1, 0.15) is 12.1 Å². The lowest BCUT2D eigenvalue weighted by Crippen LogP contribution is -2.60. The van der Waals surface area contributed by atoms with E-state index in [1.807, 2.05) is 0 Å². The second kappa shape index (κ2) is 12.5. The number of carboxylic acids is 1. The molecule has 1 aromatic rings. The molecule has 0 radical (unpaired) electrons. The fourth-order valence-electron chi connectivity index (χ4n) is 2.83. The number of hydrogen-bond donors (Lipinski definition) is 8. The number of amides is 4. The van der Waals surface area contributed by atoms with Crippen molar-refractivity contribution in [2.24, 2.45) is 17.4 Å². The SMILES string of the molecule is CC(C)C(NC(=O)C(Cc1cnc[nH]1)NC(=O)C(N)CC(N)=O)C(=O)NC(C(=O)O)C(C)O. The molecule has 184 valence electrons. The smallest absolute Gasteiger partial charge is 0.328 e. The quantitative estimate of drug-likeness (QED) is 0.144. The number of aromatic nitrogens is 2. The maximum absolute atomic E-state index is 13.0. The van der Waals surface area contributed by atoms with Gasteiger partial charge in [0.2, 0.25) is 23.6 Å². The third-order valence-electron chi connectivity index (χ3n) is 4.66. The number of hydrogen-bond acceptors (Lipinski definition) is 8. The van der Waals surface area contributed by atoms with E-state index in [4.69, 9.17) is 11.5 Å². The molecule has 0 aliphatic carbocycles. The molecule has 14 nitrogen and oxygen atoms in total. The predicted octanol–water partition coefficient (Wildman–Crippen LogP) is -3.27. The van der Waals surface area contributed by atoms with Crippen LogP contribution < -0.4 is 27.4 Å². The van der Waals surface area contributed by atoms with Crippen molar-refractivity contribution in [3.8, 4) is 0 Å². The number of aliphatic hydroxyl groups excluding tert-OH is 1. The normalized spacial score (nSPS) is 15.6. The molecule has 4 amide bonds. The van der Waals surface area contributed by atoms with Gasteiger partial charge in [0.15, 0.2) is 6.04 Å². The number of primary amides is 1. The number of carbonyl (C=O) groups excluding carboxylic acids is 4. The third kappa shape index (κ3) is 8.86. The van der Waals surface area contributed by atoms with Crippen molar-refractivity contribution in [3.05, 3.63) is 18.2 Å². The zero-order valence-corrected chi connectivity index (χ0v) is 18.6. The molecule has 1 aromatic heterocycles. The van der Waals surface area contributed by atoms with Crippen molar-refractivity contribution >= 4 is 29.6 Å². The number of carboxylic acid groups (broad SMARTS) is 1. The second-order valence-corrected chi connectivity index (χ2v) is 7.91. The first kappa shape index (κ1) is 27.5. The minimum atomic E-state index is -1.58. The van der Waals surface area contributed by atoms with Crippen LogP contribution in [0.5, 0.6) is 0 Å². The highest BCUT2D eigenvalue weighted by atomic mass is 16.4. The van der Waals surface area contributed by atoms with Crippen LogP contribution in [0.2, 0.25) is 0 Å². The average Bonchev–Trinajstić information content (AvgIpc) is 3.21. The molecule has 5 atom stereocenters. The molecular weight excluding hydrogens is 438 g/mol. The fourth-order valence-corrected chi connectivity index (χ4v) is 2.83. The standard InChI is InChI=1S/C19H31N7O7/c1-8(2)14(18(31)26-15(9(3)27)19(32)33)25-17(30)12(4-10-6-22-7-23-10)24-16(29)11(20)5-13(21)28/h6-9,11-12,14-15,27H,4-5,20H2,1-3H3,(H2,21,28)(H,22,23)(H,24,29)(H,25,30)(H,26,31)(H,32,33). The Morgan fingerprint density at radius 3 is 2.09 bits per heavy atom. The molecule has 0 aromatic carbocycles. The molecular formula is C19H31N7O7. The van der Waals surface area contributed by atoms with E-state index in [9.17, 15) is 34.2 Å². The number of carbonyl (C=O) groups is 5. The van der Waals surface area contributed by atoms with Crippen molar-refractivity contribution in [3.63, 3.8) is 0 Å². The highest BCUT2D eigenvalue weighted by molar-refractivity contribution is 5.95. The summed E-state index contributed by atoms with van der Waals surface area (Å²) in [5.74, 6) is -5.11. The molecule has 0 bridgehead atoms. The molecule has 0 aliphatic rings. The lowest BCUT2D eigenvalue weighted by molar-refractivity contribution is -0.145. The summed E-state index contributed by atoms with van der Waals surface area (Å²) in [6.45, 7) is 4.44. The van der Waals surface area contributed by atoms with Crippen LogP contribution in [0.3, 0.4) is 0 Å². The number of H-pyrrole nitrogens is 1. The van der Waals surface area contributed by atoms with Crippen molar-refractivity contribution < 1.29 is 34.2 Å². The van der Waals surface area contributed by atoms with Gasteiger partial charge in [-0.3, -0.25) is 19.2 Å². The van der Waals surface area contributed by atoms with Crippen molar-refractivity contribution in [2.75, 3.05) is 0 Å². The summed E-state index contributed by atoms with van der Waals surface area (Å²) < 4.78 is 0. The minimum Gasteiger partial charge on any atom is -0.480 e. The number of aliphatic hydroxyl groups is 1. The maximum Gasteiger partial charge on any atom is 0.328 e. The van der Waals surface area contributed by atoms with Crippen molar-refractivity contribution in [2.45, 2.75) is 63.9 Å². The number of nitrogens with one attached hydrogen (secondary N) is 4. The molecule has 5 unspecified atom stereocenters. The highest BCUT2D eigenvalue weighted by Gasteiger charge is 2.33. The summed E-state index contributed by atoms with van der Waals surface area (Å²) in [5.41, 5.74) is 11.2. The van der Waals surface area contributed by atoms with Crippen LogP contribution in [0, 0.1) is 5.92 Å². The Kier molecular flexibility index (Phi) is 10.4. The van der Waals surface area contributed by atoms with E-state index in [0.29, 0.717) is 5.69 Å². The van der Waals surface area contributed by atoms with Gasteiger partial charge in [-0.1, -0.05) is 13.8 Å². The Bertz CT molecular complexity index is 842. The van der Waals surface area contributed by atoms with E-state index in [1.54, 1.807) is 13.8 Å². The first-order valence-electron chi connectivity index (χ1n) is 10.2. The average molecular weight is 469 g/mol. The van der Waals surface area contributed by atoms with Crippen LogP contribution in [0.15, 0.2) is 12.5 Å². The highest BCUT2D eigenvalue weighted by Crippen LogP contribution is 2.07. The Balaban J connectivity index is 3.03. The number of aromatic amines is 1. The Morgan fingerprint density at radius 2 is 1.64 bits per heavy atom. The van der Waals surface area contributed by atoms with Gasteiger partial charge in [0.25, 0.3) is 0 Å². The minimum absolute atomic E-state index is 0.0429. The monoisotopic (exact) mass is 469 g/mol. The number of nitrogens with two attached hydrogens (primary N) is 2. The number of rotatable bonds is 13. The molecule has 1 rings (SSSR count). The molecule has 0 saturated carbocycles. The van der Waals surface area contributed by atoms with Gasteiger partial charge in [-0.05, 0) is 12.8 Å². The van der Waals surface area contributed by atoms with Crippen molar-refractivity contribution in [1.82, 2.24) is 25.9 Å². The van der Waals surface area contributed by atoms with Crippen LogP contribution >= 0.6 is 0 Å². The molecule has 0 fully saturated rings. The van der Waals surface area contributed by atoms with Gasteiger partial charge in [0.05, 0.1) is 24.9 Å². The predicted molar refractivity (Wildman–Crippen MR) is 114 cm³/mol. The zero-order chi connectivity index (χ0) is 25.3. The first-order valence-corrected chi connectivity index (χ1v) is 10.2. The van der Waals surface area contributed by atoms with Crippen LogP contribution in [0.1, 0.15) is 32.9 Å². The van der Waals surface area contributed by atoms with Gasteiger partial charge in [-0.15, -0.1) is 0 Å². The van der Waals surface area contributed by atoms with Crippen LogP contribution in [-0.2, 0) is 30.4 Å².